The Labute approximate surface area is 179 Å². The molecule has 1 atom stereocenters. The molecule has 1 aliphatic heterocycles. The van der Waals surface area contributed by atoms with Gasteiger partial charge in [-0.2, -0.15) is 0 Å². The van der Waals surface area contributed by atoms with Gasteiger partial charge in [0.05, 0.1) is 10.3 Å². The van der Waals surface area contributed by atoms with E-state index in [9.17, 15) is 14.0 Å². The number of hydrogen-bond donors (Lipinski definition) is 2. The van der Waals surface area contributed by atoms with E-state index in [0.29, 0.717) is 5.75 Å². The molecule has 0 aromatic heterocycles. The van der Waals surface area contributed by atoms with E-state index in [1.807, 2.05) is 12.1 Å². The first-order valence-electron chi connectivity index (χ1n) is 10.1. The van der Waals surface area contributed by atoms with Gasteiger partial charge in [0.2, 0.25) is 0 Å². The number of carbonyl (C=O) groups excluding carboxylic acids is 1. The third-order valence-corrected chi connectivity index (χ3v) is 7.54. The standard InChI is InChI=1S/C23H24FNO4S/c24-20-13-17(3-6-19(20)21(27)28)29-16-1-4-18(5-2-16)30-23(15-26)8-7-22(14-23)9-11-25-12-10-22/h1-6,13,15,25H,7-12,14H2,(H,27,28). The molecule has 0 radical (unpaired) electrons. The predicted molar refractivity (Wildman–Crippen MR) is 113 cm³/mol. The number of aldehydes is 1. The number of nitrogens with one attached hydrogen (secondary N) is 1. The highest BCUT2D eigenvalue weighted by molar-refractivity contribution is 8.01. The SMILES string of the molecule is O=CC1(Sc2ccc(Oc3ccc(C(=O)O)c(F)c3)cc2)CCC2(CCNCC2)C1. The van der Waals surface area contributed by atoms with Crippen LogP contribution in [0.5, 0.6) is 11.5 Å². The Bertz CT molecular complexity index is 943. The molecular weight excluding hydrogens is 405 g/mol. The first-order valence-corrected chi connectivity index (χ1v) is 10.9. The smallest absolute Gasteiger partial charge is 0.338 e. The third-order valence-electron chi connectivity index (χ3n) is 6.18. The number of benzene rings is 2. The number of piperidine rings is 1. The highest BCUT2D eigenvalue weighted by Crippen LogP contribution is 2.55. The van der Waals surface area contributed by atoms with Crippen LogP contribution >= 0.6 is 11.8 Å². The molecule has 2 aliphatic rings. The summed E-state index contributed by atoms with van der Waals surface area (Å²) in [5, 5.41) is 12.3. The molecule has 1 saturated heterocycles. The monoisotopic (exact) mass is 429 g/mol. The van der Waals surface area contributed by atoms with Crippen molar-refractivity contribution in [3.05, 3.63) is 53.8 Å². The second-order valence-electron chi connectivity index (χ2n) is 8.23. The molecule has 2 aromatic rings. The quantitative estimate of drug-likeness (QED) is 0.636. The Hall–Kier alpha value is -2.38. The van der Waals surface area contributed by atoms with Crippen molar-refractivity contribution in [2.24, 2.45) is 5.41 Å². The molecular formula is C23H24FNO4S. The molecule has 0 amide bonds. The zero-order valence-electron chi connectivity index (χ0n) is 16.5. The van der Waals surface area contributed by atoms with Gasteiger partial charge in [-0.25, -0.2) is 9.18 Å². The molecule has 30 heavy (non-hydrogen) atoms. The van der Waals surface area contributed by atoms with Crippen LogP contribution in [-0.4, -0.2) is 35.2 Å². The largest absolute Gasteiger partial charge is 0.478 e. The Kier molecular flexibility index (Phi) is 5.84. The average molecular weight is 430 g/mol. The summed E-state index contributed by atoms with van der Waals surface area (Å²) in [7, 11) is 0. The average Bonchev–Trinajstić information content (AvgIpc) is 3.08. The van der Waals surface area contributed by atoms with Gasteiger partial charge in [-0.05, 0) is 87.0 Å². The Morgan fingerprint density at radius 1 is 1.07 bits per heavy atom. The first-order chi connectivity index (χ1) is 14.4. The third kappa shape index (κ3) is 4.37. The molecule has 4 rings (SSSR count). The highest BCUT2D eigenvalue weighted by atomic mass is 32.2. The minimum atomic E-state index is -1.32. The fourth-order valence-corrected chi connectivity index (χ4v) is 5.94. The van der Waals surface area contributed by atoms with Crippen molar-refractivity contribution in [1.82, 2.24) is 5.32 Å². The number of thioether (sulfide) groups is 1. The van der Waals surface area contributed by atoms with E-state index < -0.39 is 17.3 Å². The van der Waals surface area contributed by atoms with E-state index in [1.165, 1.54) is 12.1 Å². The van der Waals surface area contributed by atoms with Gasteiger partial charge >= 0.3 is 5.97 Å². The zero-order valence-corrected chi connectivity index (χ0v) is 17.3. The molecule has 1 unspecified atom stereocenters. The zero-order chi connectivity index (χ0) is 21.2. The van der Waals surface area contributed by atoms with Crippen LogP contribution in [0.4, 0.5) is 4.39 Å². The second-order valence-corrected chi connectivity index (χ2v) is 9.72. The molecule has 158 valence electrons. The van der Waals surface area contributed by atoms with Crippen molar-refractivity contribution in [1.29, 1.82) is 0 Å². The van der Waals surface area contributed by atoms with E-state index in [1.54, 1.807) is 23.9 Å². The molecule has 2 N–H and O–H groups in total. The summed E-state index contributed by atoms with van der Waals surface area (Å²) < 4.78 is 19.1. The number of carboxylic acids is 1. The van der Waals surface area contributed by atoms with Crippen LogP contribution in [-0.2, 0) is 4.79 Å². The molecule has 2 fully saturated rings. The lowest BCUT2D eigenvalue weighted by molar-refractivity contribution is -0.109. The number of carboxylic acid groups (broad SMARTS) is 1. The summed E-state index contributed by atoms with van der Waals surface area (Å²) in [6.07, 6.45) is 6.31. The van der Waals surface area contributed by atoms with Gasteiger partial charge in [0.15, 0.2) is 0 Å². The summed E-state index contributed by atoms with van der Waals surface area (Å²) in [4.78, 5) is 23.9. The van der Waals surface area contributed by atoms with Crippen LogP contribution in [0.15, 0.2) is 47.4 Å². The minimum absolute atomic E-state index is 0.228. The molecule has 2 aromatic carbocycles. The van der Waals surface area contributed by atoms with Gasteiger partial charge in [-0.15, -0.1) is 11.8 Å². The second kappa shape index (κ2) is 8.40. The van der Waals surface area contributed by atoms with Crippen molar-refractivity contribution < 1.29 is 23.8 Å². The van der Waals surface area contributed by atoms with Gasteiger partial charge < -0.3 is 20.0 Å². The van der Waals surface area contributed by atoms with E-state index in [2.05, 4.69) is 5.32 Å². The lowest BCUT2D eigenvalue weighted by Gasteiger charge is -2.35. The number of hydrogen-bond acceptors (Lipinski definition) is 5. The summed E-state index contributed by atoms with van der Waals surface area (Å²) in [5.41, 5.74) is -0.106. The molecule has 1 saturated carbocycles. The van der Waals surface area contributed by atoms with Gasteiger partial charge in [0.1, 0.15) is 23.6 Å². The number of halogens is 1. The van der Waals surface area contributed by atoms with Crippen molar-refractivity contribution >= 4 is 24.0 Å². The number of aromatic carboxylic acids is 1. The molecule has 0 bridgehead atoms. The highest BCUT2D eigenvalue weighted by Gasteiger charge is 2.49. The van der Waals surface area contributed by atoms with Crippen molar-refractivity contribution in [3.8, 4) is 11.5 Å². The van der Waals surface area contributed by atoms with Gasteiger partial charge in [0.25, 0.3) is 0 Å². The fourth-order valence-electron chi connectivity index (χ4n) is 4.56. The van der Waals surface area contributed by atoms with Crippen LogP contribution in [0.3, 0.4) is 0 Å². The molecule has 1 aliphatic carbocycles. The van der Waals surface area contributed by atoms with E-state index in [4.69, 9.17) is 9.84 Å². The van der Waals surface area contributed by atoms with Crippen molar-refractivity contribution in [3.63, 3.8) is 0 Å². The van der Waals surface area contributed by atoms with Crippen LogP contribution in [0.2, 0.25) is 0 Å². The number of rotatable bonds is 6. The van der Waals surface area contributed by atoms with Crippen LogP contribution in [0, 0.1) is 11.2 Å². The van der Waals surface area contributed by atoms with E-state index in [0.717, 1.165) is 62.4 Å². The maximum Gasteiger partial charge on any atom is 0.338 e. The Morgan fingerprint density at radius 2 is 1.77 bits per heavy atom. The summed E-state index contributed by atoms with van der Waals surface area (Å²) in [6.45, 7) is 2.05. The lowest BCUT2D eigenvalue weighted by atomic mass is 9.77. The molecule has 1 heterocycles. The van der Waals surface area contributed by atoms with E-state index in [-0.39, 0.29) is 15.9 Å². The maximum atomic E-state index is 13.8. The van der Waals surface area contributed by atoms with Crippen LogP contribution in [0.25, 0.3) is 0 Å². The predicted octanol–water partition coefficient (Wildman–Crippen LogP) is 4.90. The summed E-state index contributed by atoms with van der Waals surface area (Å²) >= 11 is 1.62. The van der Waals surface area contributed by atoms with Gasteiger partial charge in [-0.1, -0.05) is 0 Å². The van der Waals surface area contributed by atoms with Gasteiger partial charge in [0, 0.05) is 11.0 Å². The lowest BCUT2D eigenvalue weighted by Crippen LogP contribution is -2.36. The summed E-state index contributed by atoms with van der Waals surface area (Å²) in [6, 6.07) is 11.0. The Balaban J connectivity index is 1.43. The van der Waals surface area contributed by atoms with Crippen LogP contribution in [0.1, 0.15) is 42.5 Å². The summed E-state index contributed by atoms with van der Waals surface area (Å²) in [5.74, 6) is -1.41. The number of ether oxygens (including phenoxy) is 1. The van der Waals surface area contributed by atoms with Crippen molar-refractivity contribution in [2.75, 3.05) is 13.1 Å². The molecule has 1 spiro atoms. The first kappa shape index (κ1) is 20.9. The minimum Gasteiger partial charge on any atom is -0.478 e. The number of carbonyl (C=O) groups is 2. The maximum absolute atomic E-state index is 13.8. The van der Waals surface area contributed by atoms with E-state index >= 15 is 0 Å². The van der Waals surface area contributed by atoms with Crippen molar-refractivity contribution in [2.45, 2.75) is 41.7 Å². The molecule has 7 heteroatoms. The van der Waals surface area contributed by atoms with Crippen LogP contribution < -0.4 is 10.1 Å². The normalized spacial score (nSPS) is 22.7. The topological polar surface area (TPSA) is 75.6 Å². The van der Waals surface area contributed by atoms with Gasteiger partial charge in [-0.3, -0.25) is 0 Å². The Morgan fingerprint density at radius 3 is 2.40 bits per heavy atom. The fraction of sp³-hybridized carbons (Fsp3) is 0.391. The molecule has 5 nitrogen and oxygen atoms in total.